The molecule has 18 heavy (non-hydrogen) atoms. The van der Waals surface area contributed by atoms with Crippen molar-refractivity contribution in [2.45, 2.75) is 6.92 Å². The first-order chi connectivity index (χ1) is 8.52. The van der Waals surface area contributed by atoms with Gasteiger partial charge in [0.1, 0.15) is 0 Å². The normalized spacial score (nSPS) is 10.3. The zero-order chi connectivity index (χ0) is 13.3. The molecule has 2 aromatic rings. The van der Waals surface area contributed by atoms with Crippen LogP contribution in [-0.2, 0) is 0 Å². The minimum absolute atomic E-state index is 0.119. The van der Waals surface area contributed by atoms with Gasteiger partial charge in [-0.25, -0.2) is 9.59 Å². The van der Waals surface area contributed by atoms with Gasteiger partial charge in [-0.3, -0.25) is 0 Å². The fourth-order valence-electron chi connectivity index (χ4n) is 1.80. The summed E-state index contributed by atoms with van der Waals surface area (Å²) in [5, 5.41) is 18.3. The molecule has 0 atom stereocenters. The molecule has 0 saturated heterocycles. The Morgan fingerprint density at radius 1 is 1.00 bits per heavy atom. The van der Waals surface area contributed by atoms with Crippen LogP contribution in [-0.4, -0.2) is 22.2 Å². The van der Waals surface area contributed by atoms with E-state index in [1.165, 1.54) is 11.3 Å². The van der Waals surface area contributed by atoms with Crippen molar-refractivity contribution in [2.75, 3.05) is 0 Å². The Hall–Kier alpha value is -2.14. The third kappa shape index (κ3) is 2.00. The van der Waals surface area contributed by atoms with Gasteiger partial charge < -0.3 is 10.2 Å². The van der Waals surface area contributed by atoms with Crippen molar-refractivity contribution in [1.82, 2.24) is 0 Å². The van der Waals surface area contributed by atoms with Gasteiger partial charge in [-0.2, -0.15) is 0 Å². The van der Waals surface area contributed by atoms with E-state index in [0.29, 0.717) is 9.75 Å². The van der Waals surface area contributed by atoms with Gasteiger partial charge in [-0.15, -0.1) is 11.3 Å². The van der Waals surface area contributed by atoms with E-state index in [9.17, 15) is 14.7 Å². The van der Waals surface area contributed by atoms with Gasteiger partial charge in [-0.1, -0.05) is 30.3 Å². The van der Waals surface area contributed by atoms with Crippen molar-refractivity contribution in [1.29, 1.82) is 0 Å². The predicted octanol–water partition coefficient (Wildman–Crippen LogP) is 3.12. The highest BCUT2D eigenvalue weighted by atomic mass is 32.1. The van der Waals surface area contributed by atoms with E-state index in [1.54, 1.807) is 31.2 Å². The van der Waals surface area contributed by atoms with Crippen LogP contribution in [0.1, 0.15) is 25.6 Å². The lowest BCUT2D eigenvalue weighted by molar-refractivity contribution is 0.0653. The lowest BCUT2D eigenvalue weighted by Gasteiger charge is -2.00. The molecule has 1 aromatic carbocycles. The van der Waals surface area contributed by atoms with Crippen molar-refractivity contribution in [2.24, 2.45) is 0 Å². The van der Waals surface area contributed by atoms with Crippen molar-refractivity contribution in [3.63, 3.8) is 0 Å². The average Bonchev–Trinajstić information content (AvgIpc) is 2.68. The highest BCUT2D eigenvalue weighted by molar-refractivity contribution is 7.16. The minimum atomic E-state index is -1.21. The zero-order valence-corrected chi connectivity index (χ0v) is 10.3. The molecular weight excluding hydrogens is 252 g/mol. The number of aryl methyl sites for hydroxylation is 1. The molecule has 0 aliphatic heterocycles. The maximum atomic E-state index is 11.3. The van der Waals surface area contributed by atoms with Crippen LogP contribution in [0.4, 0.5) is 0 Å². The quantitative estimate of drug-likeness (QED) is 0.891. The van der Waals surface area contributed by atoms with Crippen molar-refractivity contribution in [3.8, 4) is 10.4 Å². The predicted molar refractivity (Wildman–Crippen MR) is 68.4 cm³/mol. The molecule has 1 heterocycles. The molecular formula is C13H10O4S. The number of hydrogen-bond acceptors (Lipinski definition) is 3. The van der Waals surface area contributed by atoms with E-state index >= 15 is 0 Å². The number of carbonyl (C=O) groups is 2. The molecule has 92 valence electrons. The first-order valence-electron chi connectivity index (χ1n) is 5.17. The van der Waals surface area contributed by atoms with Crippen LogP contribution in [0.3, 0.4) is 0 Å². The Balaban J connectivity index is 2.73. The summed E-state index contributed by atoms with van der Waals surface area (Å²) in [6.45, 7) is 1.62. The molecule has 4 nitrogen and oxygen atoms in total. The summed E-state index contributed by atoms with van der Waals surface area (Å²) in [6, 6.07) is 8.93. The van der Waals surface area contributed by atoms with E-state index in [4.69, 9.17) is 5.11 Å². The topological polar surface area (TPSA) is 74.6 Å². The molecule has 0 unspecified atom stereocenters. The van der Waals surface area contributed by atoms with Gasteiger partial charge in [0.15, 0.2) is 0 Å². The third-order valence-corrected chi connectivity index (χ3v) is 3.70. The maximum absolute atomic E-state index is 11.3. The number of aromatic carboxylic acids is 2. The largest absolute Gasteiger partial charge is 0.478 e. The standard InChI is InChI=1S/C13H10O4S/c1-7-9(12(14)15)10(13(16)17)11(18-7)8-5-3-2-4-6-8/h2-6H,1H3,(H,14,15)(H,16,17). The summed E-state index contributed by atoms with van der Waals surface area (Å²) in [7, 11) is 0. The Labute approximate surface area is 107 Å². The van der Waals surface area contributed by atoms with Crippen LogP contribution in [0.25, 0.3) is 10.4 Å². The molecule has 0 saturated carbocycles. The first kappa shape index (κ1) is 12.3. The van der Waals surface area contributed by atoms with Gasteiger partial charge in [0, 0.05) is 9.75 Å². The highest BCUT2D eigenvalue weighted by Crippen LogP contribution is 2.36. The van der Waals surface area contributed by atoms with Crippen LogP contribution in [0, 0.1) is 6.92 Å². The summed E-state index contributed by atoms with van der Waals surface area (Å²) in [5.74, 6) is -2.42. The first-order valence-corrected chi connectivity index (χ1v) is 5.99. The molecule has 2 rings (SSSR count). The SMILES string of the molecule is Cc1sc(-c2ccccc2)c(C(=O)O)c1C(=O)O. The average molecular weight is 262 g/mol. The second kappa shape index (κ2) is 4.62. The van der Waals surface area contributed by atoms with E-state index in [0.717, 1.165) is 5.56 Å². The molecule has 0 fully saturated rings. The number of carboxylic acid groups (broad SMARTS) is 2. The highest BCUT2D eigenvalue weighted by Gasteiger charge is 2.26. The number of thiophene rings is 1. The molecule has 1 aromatic heterocycles. The molecule has 0 aliphatic carbocycles. The zero-order valence-electron chi connectivity index (χ0n) is 9.51. The van der Waals surface area contributed by atoms with E-state index in [1.807, 2.05) is 6.07 Å². The summed E-state index contributed by atoms with van der Waals surface area (Å²) in [4.78, 5) is 23.4. The van der Waals surface area contributed by atoms with Gasteiger partial charge in [0.2, 0.25) is 0 Å². The van der Waals surface area contributed by atoms with Crippen LogP contribution >= 0.6 is 11.3 Å². The molecule has 0 amide bonds. The van der Waals surface area contributed by atoms with Crippen LogP contribution < -0.4 is 0 Å². The molecule has 2 N–H and O–H groups in total. The maximum Gasteiger partial charge on any atom is 0.338 e. The Kier molecular flexibility index (Phi) is 3.16. The van der Waals surface area contributed by atoms with E-state index < -0.39 is 11.9 Å². The summed E-state index contributed by atoms with van der Waals surface area (Å²) in [5.41, 5.74) is 0.470. The lowest BCUT2D eigenvalue weighted by atomic mass is 10.0. The van der Waals surface area contributed by atoms with Gasteiger partial charge in [0.05, 0.1) is 11.1 Å². The smallest absolute Gasteiger partial charge is 0.338 e. The fourth-order valence-corrected chi connectivity index (χ4v) is 2.94. The van der Waals surface area contributed by atoms with Gasteiger partial charge >= 0.3 is 11.9 Å². The minimum Gasteiger partial charge on any atom is -0.478 e. The van der Waals surface area contributed by atoms with Gasteiger partial charge in [-0.05, 0) is 12.5 Å². The van der Waals surface area contributed by atoms with Crippen LogP contribution in [0.2, 0.25) is 0 Å². The summed E-state index contributed by atoms with van der Waals surface area (Å²) >= 11 is 1.19. The van der Waals surface area contributed by atoms with Crippen molar-refractivity contribution < 1.29 is 19.8 Å². The monoisotopic (exact) mass is 262 g/mol. The number of carboxylic acids is 2. The summed E-state index contributed by atoms with van der Waals surface area (Å²) in [6.07, 6.45) is 0. The Morgan fingerprint density at radius 3 is 2.06 bits per heavy atom. The van der Waals surface area contributed by atoms with E-state index in [2.05, 4.69) is 0 Å². The second-order valence-corrected chi connectivity index (χ2v) is 4.94. The van der Waals surface area contributed by atoms with Crippen molar-refractivity contribution >= 4 is 23.3 Å². The lowest BCUT2D eigenvalue weighted by Crippen LogP contribution is -2.07. The molecule has 5 heteroatoms. The second-order valence-electron chi connectivity index (χ2n) is 3.71. The summed E-state index contributed by atoms with van der Waals surface area (Å²) < 4.78 is 0. The van der Waals surface area contributed by atoms with E-state index in [-0.39, 0.29) is 11.1 Å². The third-order valence-electron chi connectivity index (χ3n) is 2.55. The fraction of sp³-hybridized carbons (Fsp3) is 0.0769. The molecule has 0 bridgehead atoms. The molecule has 0 aliphatic rings. The van der Waals surface area contributed by atoms with Gasteiger partial charge in [0.25, 0.3) is 0 Å². The van der Waals surface area contributed by atoms with Crippen LogP contribution in [0.15, 0.2) is 30.3 Å². The Morgan fingerprint density at radius 2 is 1.56 bits per heavy atom. The van der Waals surface area contributed by atoms with Crippen molar-refractivity contribution in [3.05, 3.63) is 46.3 Å². The molecule has 0 radical (unpaired) electrons. The Bertz CT molecular complexity index is 613. The van der Waals surface area contributed by atoms with Crippen LogP contribution in [0.5, 0.6) is 0 Å². The number of hydrogen-bond donors (Lipinski definition) is 2. The number of rotatable bonds is 3. The number of benzene rings is 1. The molecule has 0 spiro atoms.